The van der Waals surface area contributed by atoms with E-state index in [0.29, 0.717) is 6.42 Å². The van der Waals surface area contributed by atoms with Crippen molar-refractivity contribution in [1.82, 2.24) is 19.1 Å². The number of fused-ring (bicyclic) bond motifs is 1. The standard InChI is InChI=1S/C26H28N4O2S2/c1-29-21-13-17(15-31)20(16-32)23(24(21)28-26(29)34-19-11-7-4-8-12-19)22-14-27-25(30(22)2)33-18-9-5-3-6-10-18/h3-12,14,17,20,23,31-32H,13,15-16H2,1-2H3/t17-,20-,23-/m1/s1. The largest absolute Gasteiger partial charge is 0.396 e. The Morgan fingerprint density at radius 1 is 0.853 bits per heavy atom. The van der Waals surface area contributed by atoms with Crippen LogP contribution in [0.2, 0.25) is 0 Å². The van der Waals surface area contributed by atoms with Gasteiger partial charge in [-0.25, -0.2) is 9.97 Å². The Morgan fingerprint density at radius 3 is 2.06 bits per heavy atom. The summed E-state index contributed by atoms with van der Waals surface area (Å²) in [7, 11) is 4.06. The minimum Gasteiger partial charge on any atom is -0.396 e. The summed E-state index contributed by atoms with van der Waals surface area (Å²) in [4.78, 5) is 12.1. The third-order valence-electron chi connectivity index (χ3n) is 6.64. The van der Waals surface area contributed by atoms with Crippen LogP contribution >= 0.6 is 23.5 Å². The smallest absolute Gasteiger partial charge is 0.173 e. The van der Waals surface area contributed by atoms with Crippen LogP contribution in [0.5, 0.6) is 0 Å². The molecule has 2 aromatic heterocycles. The predicted molar refractivity (Wildman–Crippen MR) is 134 cm³/mol. The molecule has 176 valence electrons. The van der Waals surface area contributed by atoms with Gasteiger partial charge in [0, 0.05) is 54.4 Å². The second-order valence-electron chi connectivity index (χ2n) is 8.61. The van der Waals surface area contributed by atoms with Gasteiger partial charge in [0.1, 0.15) is 0 Å². The topological polar surface area (TPSA) is 76.1 Å². The molecule has 0 saturated heterocycles. The van der Waals surface area contributed by atoms with Gasteiger partial charge in [0.15, 0.2) is 10.3 Å². The van der Waals surface area contributed by atoms with E-state index in [1.807, 2.05) is 56.7 Å². The molecule has 3 atom stereocenters. The van der Waals surface area contributed by atoms with Crippen LogP contribution in [0.25, 0.3) is 0 Å². The summed E-state index contributed by atoms with van der Waals surface area (Å²) in [5.74, 6) is -0.329. The first-order valence-corrected chi connectivity index (χ1v) is 13.0. The van der Waals surface area contributed by atoms with E-state index in [4.69, 9.17) is 9.97 Å². The van der Waals surface area contributed by atoms with Gasteiger partial charge in [-0.3, -0.25) is 0 Å². The number of benzene rings is 2. The molecule has 5 rings (SSSR count). The maximum absolute atomic E-state index is 10.4. The van der Waals surface area contributed by atoms with Crippen molar-refractivity contribution in [1.29, 1.82) is 0 Å². The summed E-state index contributed by atoms with van der Waals surface area (Å²) in [5.41, 5.74) is 3.10. The van der Waals surface area contributed by atoms with E-state index in [9.17, 15) is 10.2 Å². The normalized spacial score (nSPS) is 19.8. The molecule has 0 spiro atoms. The Hall–Kier alpha value is -2.52. The van der Waals surface area contributed by atoms with Gasteiger partial charge in [-0.2, -0.15) is 0 Å². The molecule has 2 heterocycles. The van der Waals surface area contributed by atoms with Crippen molar-refractivity contribution >= 4 is 23.5 Å². The number of hydrogen-bond donors (Lipinski definition) is 2. The number of aromatic nitrogens is 4. The molecular formula is C26H28N4O2S2. The summed E-state index contributed by atoms with van der Waals surface area (Å²) in [6.07, 6.45) is 2.59. The lowest BCUT2D eigenvalue weighted by atomic mass is 9.71. The van der Waals surface area contributed by atoms with Gasteiger partial charge >= 0.3 is 0 Å². The maximum Gasteiger partial charge on any atom is 0.173 e. The summed E-state index contributed by atoms with van der Waals surface area (Å²) in [6, 6.07) is 20.4. The molecule has 4 aromatic rings. The van der Waals surface area contributed by atoms with Crippen LogP contribution in [0.15, 0.2) is 87.0 Å². The molecule has 1 aliphatic rings. The number of aliphatic hydroxyl groups is 2. The van der Waals surface area contributed by atoms with Crippen molar-refractivity contribution in [3.8, 4) is 0 Å². The Labute approximate surface area is 208 Å². The molecule has 2 aromatic carbocycles. The number of hydrogen-bond acceptors (Lipinski definition) is 6. The average Bonchev–Trinajstić information content (AvgIpc) is 3.38. The van der Waals surface area contributed by atoms with Crippen molar-refractivity contribution in [2.75, 3.05) is 13.2 Å². The highest BCUT2D eigenvalue weighted by Gasteiger charge is 2.42. The zero-order valence-electron chi connectivity index (χ0n) is 19.2. The Balaban J connectivity index is 1.56. The predicted octanol–water partition coefficient (Wildman–Crippen LogP) is 4.36. The molecule has 0 bridgehead atoms. The third kappa shape index (κ3) is 4.31. The van der Waals surface area contributed by atoms with Crippen LogP contribution in [0.4, 0.5) is 0 Å². The van der Waals surface area contributed by atoms with Crippen molar-refractivity contribution in [2.45, 2.75) is 32.4 Å². The Bertz CT molecular complexity index is 1260. The summed E-state index contributed by atoms with van der Waals surface area (Å²) in [6.45, 7) is 0.0103. The highest BCUT2D eigenvalue weighted by atomic mass is 32.2. The van der Waals surface area contributed by atoms with Crippen molar-refractivity contribution < 1.29 is 10.2 Å². The number of nitrogens with zero attached hydrogens (tertiary/aromatic N) is 4. The Kier molecular flexibility index (Phi) is 6.83. The molecule has 0 radical (unpaired) electrons. The zero-order valence-corrected chi connectivity index (χ0v) is 20.8. The Morgan fingerprint density at radius 2 is 1.47 bits per heavy atom. The van der Waals surface area contributed by atoms with Gasteiger partial charge in [0.25, 0.3) is 0 Å². The molecule has 2 N–H and O–H groups in total. The number of aliphatic hydroxyl groups excluding tert-OH is 2. The van der Waals surface area contributed by atoms with Gasteiger partial charge in [-0.1, -0.05) is 59.9 Å². The molecule has 34 heavy (non-hydrogen) atoms. The second kappa shape index (κ2) is 10.00. The van der Waals surface area contributed by atoms with E-state index < -0.39 is 0 Å². The van der Waals surface area contributed by atoms with Gasteiger partial charge in [0.2, 0.25) is 0 Å². The minimum absolute atomic E-state index is 0.0145. The summed E-state index contributed by atoms with van der Waals surface area (Å²) < 4.78 is 4.25. The minimum atomic E-state index is -0.148. The van der Waals surface area contributed by atoms with E-state index in [-0.39, 0.29) is 31.0 Å². The van der Waals surface area contributed by atoms with Crippen LogP contribution in [0.1, 0.15) is 23.0 Å². The summed E-state index contributed by atoms with van der Waals surface area (Å²) in [5, 5.41) is 22.4. The van der Waals surface area contributed by atoms with E-state index in [0.717, 1.165) is 37.2 Å². The van der Waals surface area contributed by atoms with Crippen LogP contribution < -0.4 is 0 Å². The second-order valence-corrected chi connectivity index (χ2v) is 10.7. The molecule has 0 saturated carbocycles. The van der Waals surface area contributed by atoms with Crippen molar-refractivity contribution in [3.63, 3.8) is 0 Å². The quantitative estimate of drug-likeness (QED) is 0.399. The highest BCUT2D eigenvalue weighted by molar-refractivity contribution is 7.99. The maximum atomic E-state index is 10.4. The van der Waals surface area contributed by atoms with Crippen molar-refractivity contribution in [3.05, 3.63) is 83.9 Å². The average molecular weight is 493 g/mol. The van der Waals surface area contributed by atoms with Crippen LogP contribution in [-0.2, 0) is 20.5 Å². The van der Waals surface area contributed by atoms with Crippen LogP contribution in [0, 0.1) is 11.8 Å². The van der Waals surface area contributed by atoms with Gasteiger partial charge < -0.3 is 19.3 Å². The molecular weight excluding hydrogens is 464 g/mol. The van der Waals surface area contributed by atoms with Crippen LogP contribution in [-0.4, -0.2) is 42.5 Å². The first-order valence-electron chi connectivity index (χ1n) is 11.3. The fourth-order valence-corrected chi connectivity index (χ4v) is 6.52. The summed E-state index contributed by atoms with van der Waals surface area (Å²) >= 11 is 3.25. The lowest BCUT2D eigenvalue weighted by Gasteiger charge is -2.36. The first kappa shape index (κ1) is 23.2. The first-order chi connectivity index (χ1) is 16.6. The molecule has 0 fully saturated rings. The third-order valence-corrected chi connectivity index (χ3v) is 8.76. The number of rotatable bonds is 7. The lowest BCUT2D eigenvalue weighted by molar-refractivity contribution is 0.0973. The molecule has 0 unspecified atom stereocenters. The van der Waals surface area contributed by atoms with E-state index in [1.165, 1.54) is 0 Å². The molecule has 0 amide bonds. The monoisotopic (exact) mass is 492 g/mol. The molecule has 1 aliphatic carbocycles. The van der Waals surface area contributed by atoms with E-state index in [1.54, 1.807) is 23.5 Å². The van der Waals surface area contributed by atoms with E-state index >= 15 is 0 Å². The zero-order chi connectivity index (χ0) is 23.7. The van der Waals surface area contributed by atoms with Crippen LogP contribution in [0.3, 0.4) is 0 Å². The van der Waals surface area contributed by atoms with Gasteiger partial charge in [0.05, 0.1) is 17.8 Å². The van der Waals surface area contributed by atoms with Gasteiger partial charge in [-0.05, 0) is 36.6 Å². The molecule has 8 heteroatoms. The SMILES string of the molecule is Cn1c([C@@H]2c3nc(Sc4ccccc4)n(C)c3C[C@H](CO)[C@H]2CO)cnc1Sc1ccccc1. The van der Waals surface area contributed by atoms with Crippen molar-refractivity contribution in [2.24, 2.45) is 25.9 Å². The van der Waals surface area contributed by atoms with E-state index in [2.05, 4.69) is 33.4 Å². The highest BCUT2D eigenvalue weighted by Crippen LogP contribution is 2.45. The van der Waals surface area contributed by atoms with Gasteiger partial charge in [-0.15, -0.1) is 0 Å². The lowest BCUT2D eigenvalue weighted by Crippen LogP contribution is -2.36. The molecule has 0 aliphatic heterocycles. The fraction of sp³-hybridized carbons (Fsp3) is 0.308. The number of imidazole rings is 2. The molecule has 6 nitrogen and oxygen atoms in total. The fourth-order valence-electron chi connectivity index (χ4n) is 4.78.